The third-order valence-electron chi connectivity index (χ3n) is 1.70. The lowest BCUT2D eigenvalue weighted by molar-refractivity contribution is 0.0497. The van der Waals surface area contributed by atoms with Gasteiger partial charge in [0.2, 0.25) is 0 Å². The van der Waals surface area contributed by atoms with Gasteiger partial charge in [0.1, 0.15) is 6.61 Å². The van der Waals surface area contributed by atoms with Crippen molar-refractivity contribution in [3.8, 4) is 0 Å². The van der Waals surface area contributed by atoms with Gasteiger partial charge >= 0.3 is 6.16 Å². The van der Waals surface area contributed by atoms with Gasteiger partial charge < -0.3 is 14.9 Å². The largest absolute Gasteiger partial charge is 0.527 e. The zero-order chi connectivity index (χ0) is 12.4. The van der Waals surface area contributed by atoms with E-state index in [1.807, 2.05) is 45.2 Å². The minimum absolute atomic E-state index is 0.153. The summed E-state index contributed by atoms with van der Waals surface area (Å²) >= 11 is 0. The summed E-state index contributed by atoms with van der Waals surface area (Å²) in [6, 6.07) is 7.45. The molecule has 0 aliphatic rings. The molecule has 1 aromatic rings. The molecule has 0 fully saturated rings. The number of nitrogens with two attached hydrogens (primary N) is 1. The van der Waals surface area contributed by atoms with Crippen LogP contribution in [0.3, 0.4) is 0 Å². The monoisotopic (exact) mass is 226 g/mol. The summed E-state index contributed by atoms with van der Waals surface area (Å²) in [7, 11) is 1.83. The Kier molecular flexibility index (Phi) is 7.61. The summed E-state index contributed by atoms with van der Waals surface area (Å²) < 4.78 is 4.64. The van der Waals surface area contributed by atoms with Gasteiger partial charge in [-0.1, -0.05) is 26.0 Å². The fraction of sp³-hybridized carbons (Fsp3) is 0.364. The summed E-state index contributed by atoms with van der Waals surface area (Å²) in [5.74, 6) is 4.60. The summed E-state index contributed by atoms with van der Waals surface area (Å²) in [5, 5.41) is 2.98. The standard InChI is InChI=1S/C9H12N2O3.C2H6/c1-11-8-4-2-7(3-5-8)6-13-9(12)14-10;1-2/h2-5,11H,6,10H2,1H3;1-2H3. The molecular formula is C11H18N2O3. The number of ether oxygens (including phenoxy) is 1. The number of hydrogen-bond acceptors (Lipinski definition) is 5. The molecule has 0 atom stereocenters. The van der Waals surface area contributed by atoms with Gasteiger partial charge in [-0.2, -0.15) is 5.90 Å². The second-order valence-electron chi connectivity index (χ2n) is 2.60. The SMILES string of the molecule is CC.CNc1ccc(COC(=O)ON)cc1. The van der Waals surface area contributed by atoms with Gasteiger partial charge in [-0.3, -0.25) is 0 Å². The van der Waals surface area contributed by atoms with Crippen molar-refractivity contribution in [1.82, 2.24) is 0 Å². The van der Waals surface area contributed by atoms with Crippen molar-refractivity contribution < 1.29 is 14.4 Å². The molecule has 0 spiro atoms. The number of carbonyl (C=O) groups excluding carboxylic acids is 1. The van der Waals surface area contributed by atoms with Gasteiger partial charge in [-0.25, -0.2) is 4.79 Å². The van der Waals surface area contributed by atoms with E-state index in [4.69, 9.17) is 0 Å². The van der Waals surface area contributed by atoms with E-state index in [-0.39, 0.29) is 6.61 Å². The van der Waals surface area contributed by atoms with Crippen molar-refractivity contribution in [3.05, 3.63) is 29.8 Å². The molecule has 0 aliphatic heterocycles. The number of nitrogens with one attached hydrogen (secondary N) is 1. The third-order valence-corrected chi connectivity index (χ3v) is 1.70. The lowest BCUT2D eigenvalue weighted by Gasteiger charge is -2.04. The highest BCUT2D eigenvalue weighted by Gasteiger charge is 2.01. The molecule has 0 amide bonds. The van der Waals surface area contributed by atoms with Crippen LogP contribution in [0, 0.1) is 0 Å². The van der Waals surface area contributed by atoms with Crippen molar-refractivity contribution in [1.29, 1.82) is 0 Å². The Bertz CT molecular complexity index is 299. The second-order valence-corrected chi connectivity index (χ2v) is 2.60. The zero-order valence-electron chi connectivity index (χ0n) is 9.82. The van der Waals surface area contributed by atoms with Crippen LogP contribution in [0.2, 0.25) is 0 Å². The molecule has 0 aliphatic carbocycles. The van der Waals surface area contributed by atoms with E-state index in [1.165, 1.54) is 0 Å². The second kappa shape index (κ2) is 8.55. The summed E-state index contributed by atoms with van der Waals surface area (Å²) in [4.78, 5) is 14.4. The molecule has 0 bridgehead atoms. The molecule has 16 heavy (non-hydrogen) atoms. The van der Waals surface area contributed by atoms with E-state index in [1.54, 1.807) is 0 Å². The molecule has 0 aromatic heterocycles. The highest BCUT2D eigenvalue weighted by molar-refractivity contribution is 5.59. The molecule has 90 valence electrons. The van der Waals surface area contributed by atoms with Crippen molar-refractivity contribution >= 4 is 11.8 Å². The Morgan fingerprint density at radius 2 is 1.88 bits per heavy atom. The Morgan fingerprint density at radius 1 is 1.31 bits per heavy atom. The number of benzene rings is 1. The maximum atomic E-state index is 10.5. The van der Waals surface area contributed by atoms with Gasteiger partial charge in [-0.15, -0.1) is 0 Å². The van der Waals surface area contributed by atoms with Crippen molar-refractivity contribution in [2.75, 3.05) is 12.4 Å². The fourth-order valence-corrected chi connectivity index (χ4v) is 0.944. The molecule has 3 N–H and O–H groups in total. The number of hydrogen-bond donors (Lipinski definition) is 2. The topological polar surface area (TPSA) is 73.6 Å². The molecule has 5 heteroatoms. The van der Waals surface area contributed by atoms with Crippen molar-refractivity contribution in [2.24, 2.45) is 5.90 Å². The van der Waals surface area contributed by atoms with Crippen LogP contribution < -0.4 is 11.2 Å². The maximum absolute atomic E-state index is 10.5. The molecule has 1 aromatic carbocycles. The van der Waals surface area contributed by atoms with Crippen LogP contribution in [0.15, 0.2) is 24.3 Å². The van der Waals surface area contributed by atoms with Crippen LogP contribution in [-0.4, -0.2) is 13.2 Å². The first-order valence-corrected chi connectivity index (χ1v) is 5.06. The molecule has 0 unspecified atom stereocenters. The molecular weight excluding hydrogens is 208 g/mol. The fourth-order valence-electron chi connectivity index (χ4n) is 0.944. The molecule has 0 saturated heterocycles. The summed E-state index contributed by atoms with van der Waals surface area (Å²) in [6.07, 6.45) is -0.886. The quantitative estimate of drug-likeness (QED) is 0.611. The Hall–Kier alpha value is -1.75. The van der Waals surface area contributed by atoms with Gasteiger partial charge in [0, 0.05) is 12.7 Å². The van der Waals surface area contributed by atoms with E-state index in [0.717, 1.165) is 11.3 Å². The van der Waals surface area contributed by atoms with Crippen LogP contribution in [0.1, 0.15) is 19.4 Å². The summed E-state index contributed by atoms with van der Waals surface area (Å²) in [6.45, 7) is 4.15. The lowest BCUT2D eigenvalue weighted by Crippen LogP contribution is -2.11. The highest BCUT2D eigenvalue weighted by Crippen LogP contribution is 2.09. The maximum Gasteiger partial charge on any atom is 0.527 e. The van der Waals surface area contributed by atoms with Crippen LogP contribution in [0.25, 0.3) is 0 Å². The first-order chi connectivity index (χ1) is 7.76. The van der Waals surface area contributed by atoms with E-state index in [0.29, 0.717) is 0 Å². The number of rotatable bonds is 3. The first kappa shape index (κ1) is 14.2. The Labute approximate surface area is 95.5 Å². The van der Waals surface area contributed by atoms with Crippen LogP contribution >= 0.6 is 0 Å². The van der Waals surface area contributed by atoms with Crippen LogP contribution in [0.4, 0.5) is 10.5 Å². The van der Waals surface area contributed by atoms with Crippen LogP contribution in [0.5, 0.6) is 0 Å². The third kappa shape index (κ3) is 5.21. The van der Waals surface area contributed by atoms with Crippen molar-refractivity contribution in [2.45, 2.75) is 20.5 Å². The molecule has 0 radical (unpaired) electrons. The average Bonchev–Trinajstić information content (AvgIpc) is 2.38. The average molecular weight is 226 g/mol. The highest BCUT2D eigenvalue weighted by atomic mass is 16.8. The minimum Gasteiger partial charge on any atom is -0.428 e. The smallest absolute Gasteiger partial charge is 0.428 e. The van der Waals surface area contributed by atoms with Crippen molar-refractivity contribution in [3.63, 3.8) is 0 Å². The van der Waals surface area contributed by atoms with E-state index in [9.17, 15) is 4.79 Å². The molecule has 5 nitrogen and oxygen atoms in total. The predicted octanol–water partition coefficient (Wildman–Crippen LogP) is 2.28. The number of anilines is 1. The Balaban J connectivity index is 0.00000106. The molecule has 1 rings (SSSR count). The summed E-state index contributed by atoms with van der Waals surface area (Å²) in [5.41, 5.74) is 1.87. The van der Waals surface area contributed by atoms with E-state index < -0.39 is 6.16 Å². The minimum atomic E-state index is -0.886. The van der Waals surface area contributed by atoms with Gasteiger partial charge in [-0.05, 0) is 17.7 Å². The molecule has 0 saturated carbocycles. The Morgan fingerprint density at radius 3 is 2.31 bits per heavy atom. The van der Waals surface area contributed by atoms with Gasteiger partial charge in [0.15, 0.2) is 0 Å². The van der Waals surface area contributed by atoms with E-state index in [2.05, 4.69) is 20.8 Å². The van der Waals surface area contributed by atoms with E-state index >= 15 is 0 Å². The zero-order valence-corrected chi connectivity index (χ0v) is 9.82. The predicted molar refractivity (Wildman–Crippen MR) is 62.8 cm³/mol. The molecule has 0 heterocycles. The van der Waals surface area contributed by atoms with Crippen LogP contribution in [-0.2, 0) is 16.2 Å². The normalized spacial score (nSPS) is 8.50. The first-order valence-electron chi connectivity index (χ1n) is 5.06. The number of carbonyl (C=O) groups is 1. The van der Waals surface area contributed by atoms with Gasteiger partial charge in [0.05, 0.1) is 0 Å². The lowest BCUT2D eigenvalue weighted by atomic mass is 10.2. The van der Waals surface area contributed by atoms with Gasteiger partial charge in [0.25, 0.3) is 0 Å².